The van der Waals surface area contributed by atoms with Crippen molar-refractivity contribution < 1.29 is 14.7 Å². The third-order valence-electron chi connectivity index (χ3n) is 3.10. The minimum absolute atomic E-state index is 0.0721. The molecular formula is C13H16N2O4. The molecule has 0 atom stereocenters. The molecule has 6 heteroatoms. The molecule has 1 aliphatic rings. The summed E-state index contributed by atoms with van der Waals surface area (Å²) in [4.78, 5) is 39.0. The Labute approximate surface area is 110 Å². The summed E-state index contributed by atoms with van der Waals surface area (Å²) in [5, 5.41) is 8.70. The molecule has 0 aliphatic heterocycles. The number of carboxylic acids is 1. The number of nitrogens with zero attached hydrogens (tertiary/aromatic N) is 1. The van der Waals surface area contributed by atoms with Crippen LogP contribution >= 0.6 is 0 Å². The van der Waals surface area contributed by atoms with Gasteiger partial charge in [0.15, 0.2) is 5.43 Å². The van der Waals surface area contributed by atoms with Crippen molar-refractivity contribution >= 4 is 11.9 Å². The maximum Gasteiger partial charge on any atom is 0.305 e. The van der Waals surface area contributed by atoms with Gasteiger partial charge in [-0.1, -0.05) is 0 Å². The maximum atomic E-state index is 12.3. The molecule has 1 aromatic rings. The molecule has 0 aromatic carbocycles. The number of rotatable bonds is 5. The fourth-order valence-corrected chi connectivity index (χ4v) is 1.95. The molecule has 1 aromatic heterocycles. The van der Waals surface area contributed by atoms with Crippen molar-refractivity contribution in [2.75, 3.05) is 6.54 Å². The van der Waals surface area contributed by atoms with Crippen LogP contribution in [-0.4, -0.2) is 39.5 Å². The standard InChI is InChI=1S/C13H16N2O4/c1-8-6-11(16)10(7-14-8)13(19)15(9-2-3-9)5-4-12(17)18/h6-7,9H,2-5H2,1H3,(H,14,16)(H,17,18). The van der Waals surface area contributed by atoms with E-state index in [1.165, 1.54) is 17.2 Å². The van der Waals surface area contributed by atoms with Gasteiger partial charge in [-0.25, -0.2) is 0 Å². The van der Waals surface area contributed by atoms with Crippen LogP contribution in [0.3, 0.4) is 0 Å². The number of aromatic amines is 1. The number of carbonyl (C=O) groups excluding carboxylic acids is 1. The molecule has 2 N–H and O–H groups in total. The van der Waals surface area contributed by atoms with E-state index in [9.17, 15) is 14.4 Å². The van der Waals surface area contributed by atoms with Gasteiger partial charge in [0.2, 0.25) is 0 Å². The van der Waals surface area contributed by atoms with Gasteiger partial charge < -0.3 is 15.0 Å². The smallest absolute Gasteiger partial charge is 0.305 e. The number of H-pyrrole nitrogens is 1. The summed E-state index contributed by atoms with van der Waals surface area (Å²) in [5.41, 5.74) is 0.426. The number of hydrogen-bond acceptors (Lipinski definition) is 3. The second-order valence-electron chi connectivity index (χ2n) is 4.77. The van der Waals surface area contributed by atoms with Gasteiger partial charge in [-0.2, -0.15) is 0 Å². The topological polar surface area (TPSA) is 90.5 Å². The van der Waals surface area contributed by atoms with E-state index in [0.29, 0.717) is 5.69 Å². The predicted molar refractivity (Wildman–Crippen MR) is 68.1 cm³/mol. The number of aromatic nitrogens is 1. The summed E-state index contributed by atoms with van der Waals surface area (Å²) < 4.78 is 0. The summed E-state index contributed by atoms with van der Waals surface area (Å²) in [6, 6.07) is 1.45. The normalized spacial score (nSPS) is 14.2. The summed E-state index contributed by atoms with van der Waals surface area (Å²) in [5.74, 6) is -1.33. The van der Waals surface area contributed by atoms with E-state index in [2.05, 4.69) is 4.98 Å². The van der Waals surface area contributed by atoms with Crippen LogP contribution in [-0.2, 0) is 4.79 Å². The Bertz CT molecular complexity index is 560. The molecule has 0 bridgehead atoms. The van der Waals surface area contributed by atoms with Gasteiger partial charge in [0, 0.05) is 30.5 Å². The first kappa shape index (κ1) is 13.3. The Balaban J connectivity index is 2.19. The number of pyridine rings is 1. The van der Waals surface area contributed by atoms with Crippen molar-refractivity contribution in [3.8, 4) is 0 Å². The third kappa shape index (κ3) is 3.21. The molecule has 1 aliphatic carbocycles. The van der Waals surface area contributed by atoms with Crippen molar-refractivity contribution in [1.29, 1.82) is 0 Å². The first-order valence-electron chi connectivity index (χ1n) is 6.21. The van der Waals surface area contributed by atoms with Crippen LogP contribution in [0.1, 0.15) is 35.3 Å². The minimum atomic E-state index is -0.948. The van der Waals surface area contributed by atoms with Gasteiger partial charge in [-0.05, 0) is 19.8 Å². The Morgan fingerprint density at radius 1 is 1.47 bits per heavy atom. The number of nitrogens with one attached hydrogen (secondary N) is 1. The lowest BCUT2D eigenvalue weighted by Crippen LogP contribution is -2.37. The van der Waals surface area contributed by atoms with E-state index < -0.39 is 5.97 Å². The fourth-order valence-electron chi connectivity index (χ4n) is 1.95. The van der Waals surface area contributed by atoms with Crippen molar-refractivity contribution in [3.05, 3.63) is 33.7 Å². The lowest BCUT2D eigenvalue weighted by Gasteiger charge is -2.21. The van der Waals surface area contributed by atoms with Gasteiger partial charge in [0.05, 0.1) is 6.42 Å². The molecule has 102 valence electrons. The fraction of sp³-hybridized carbons (Fsp3) is 0.462. The number of aryl methyl sites for hydroxylation is 1. The minimum Gasteiger partial charge on any atom is -0.481 e. The zero-order valence-corrected chi connectivity index (χ0v) is 10.7. The van der Waals surface area contributed by atoms with E-state index in [4.69, 9.17) is 5.11 Å². The first-order valence-corrected chi connectivity index (χ1v) is 6.21. The van der Waals surface area contributed by atoms with E-state index in [0.717, 1.165) is 12.8 Å². The number of hydrogen-bond donors (Lipinski definition) is 2. The highest BCUT2D eigenvalue weighted by Crippen LogP contribution is 2.27. The molecule has 1 fully saturated rings. The first-order chi connectivity index (χ1) is 8.99. The largest absolute Gasteiger partial charge is 0.481 e. The third-order valence-corrected chi connectivity index (χ3v) is 3.10. The van der Waals surface area contributed by atoms with Gasteiger partial charge in [0.1, 0.15) is 5.56 Å². The zero-order chi connectivity index (χ0) is 14.0. The Morgan fingerprint density at radius 2 is 2.16 bits per heavy atom. The number of aliphatic carboxylic acids is 1. The Kier molecular flexibility index (Phi) is 3.69. The lowest BCUT2D eigenvalue weighted by molar-refractivity contribution is -0.137. The van der Waals surface area contributed by atoms with Crippen molar-refractivity contribution in [2.45, 2.75) is 32.2 Å². The summed E-state index contributed by atoms with van der Waals surface area (Å²) in [6.45, 7) is 1.88. The van der Waals surface area contributed by atoms with E-state index in [1.807, 2.05) is 0 Å². The van der Waals surface area contributed by atoms with Crippen LogP contribution < -0.4 is 5.43 Å². The van der Waals surface area contributed by atoms with E-state index >= 15 is 0 Å². The summed E-state index contributed by atoms with van der Waals surface area (Å²) >= 11 is 0. The molecule has 1 saturated carbocycles. The summed E-state index contributed by atoms with van der Waals surface area (Å²) in [7, 11) is 0. The molecule has 19 heavy (non-hydrogen) atoms. The second-order valence-corrected chi connectivity index (χ2v) is 4.77. The van der Waals surface area contributed by atoms with E-state index in [-0.39, 0.29) is 35.9 Å². The van der Waals surface area contributed by atoms with E-state index in [1.54, 1.807) is 6.92 Å². The van der Waals surface area contributed by atoms with Crippen LogP contribution in [0.25, 0.3) is 0 Å². The van der Waals surface area contributed by atoms with Gasteiger partial charge >= 0.3 is 5.97 Å². The van der Waals surface area contributed by atoms with Gasteiger partial charge in [-0.3, -0.25) is 14.4 Å². The molecule has 6 nitrogen and oxygen atoms in total. The second kappa shape index (κ2) is 5.26. The highest BCUT2D eigenvalue weighted by Gasteiger charge is 2.33. The highest BCUT2D eigenvalue weighted by molar-refractivity contribution is 5.94. The van der Waals surface area contributed by atoms with Crippen LogP contribution in [0.15, 0.2) is 17.1 Å². The SMILES string of the molecule is Cc1cc(=O)c(C(=O)N(CCC(=O)O)C2CC2)c[nH]1. The van der Waals surface area contributed by atoms with Crippen LogP contribution in [0, 0.1) is 6.92 Å². The molecule has 0 spiro atoms. The maximum absolute atomic E-state index is 12.3. The predicted octanol–water partition coefficient (Wildman–Crippen LogP) is 0.763. The average molecular weight is 264 g/mol. The lowest BCUT2D eigenvalue weighted by atomic mass is 10.2. The average Bonchev–Trinajstić information content (AvgIpc) is 3.13. The molecule has 0 saturated heterocycles. The molecular weight excluding hydrogens is 248 g/mol. The van der Waals surface area contributed by atoms with Crippen LogP contribution in [0.4, 0.5) is 0 Å². The molecule has 0 radical (unpaired) electrons. The summed E-state index contributed by atoms with van der Waals surface area (Å²) in [6.07, 6.45) is 3.03. The zero-order valence-electron chi connectivity index (χ0n) is 10.7. The Hall–Kier alpha value is -2.11. The van der Waals surface area contributed by atoms with Gasteiger partial charge in [0.25, 0.3) is 5.91 Å². The number of carbonyl (C=O) groups is 2. The molecule has 0 unspecified atom stereocenters. The Morgan fingerprint density at radius 3 is 2.68 bits per heavy atom. The highest BCUT2D eigenvalue weighted by atomic mass is 16.4. The van der Waals surface area contributed by atoms with Crippen LogP contribution in [0.5, 0.6) is 0 Å². The molecule has 1 heterocycles. The van der Waals surface area contributed by atoms with Gasteiger partial charge in [-0.15, -0.1) is 0 Å². The monoisotopic (exact) mass is 264 g/mol. The number of amides is 1. The van der Waals surface area contributed by atoms with Crippen molar-refractivity contribution in [1.82, 2.24) is 9.88 Å². The number of carboxylic acid groups (broad SMARTS) is 1. The molecule has 2 rings (SSSR count). The quantitative estimate of drug-likeness (QED) is 0.821. The van der Waals surface area contributed by atoms with Crippen molar-refractivity contribution in [2.24, 2.45) is 0 Å². The molecule has 1 amide bonds. The van der Waals surface area contributed by atoms with Crippen LogP contribution in [0.2, 0.25) is 0 Å². The van der Waals surface area contributed by atoms with Crippen molar-refractivity contribution in [3.63, 3.8) is 0 Å².